The van der Waals surface area contributed by atoms with Gasteiger partial charge in [-0.15, -0.1) is 11.3 Å². The molecule has 4 rings (SSSR count). The second-order valence-electron chi connectivity index (χ2n) is 9.47. The molecule has 0 spiro atoms. The van der Waals surface area contributed by atoms with Gasteiger partial charge in [-0.1, -0.05) is 60.3 Å². The molecule has 0 bridgehead atoms. The molecule has 1 aromatic carbocycles. The lowest BCUT2D eigenvalue weighted by Crippen LogP contribution is -2.49. The molecule has 0 saturated carbocycles. The van der Waals surface area contributed by atoms with Crippen molar-refractivity contribution in [1.29, 1.82) is 0 Å². The van der Waals surface area contributed by atoms with E-state index in [1.165, 1.54) is 11.3 Å². The van der Waals surface area contributed by atoms with Gasteiger partial charge in [-0.25, -0.2) is 9.59 Å². The number of amides is 3. The van der Waals surface area contributed by atoms with Crippen LogP contribution in [0, 0.1) is 5.92 Å². The SMILES string of the molecule is CCOC(=O)c1c(NC(=O)COC(=O)[C@@H](C(C)C)N2C(=O)c3c(Cl)c(Cl)c(Cl)c(Cl)c3C2=O)sc2c1CCCC2. The van der Waals surface area contributed by atoms with Gasteiger partial charge in [0.2, 0.25) is 0 Å². The summed E-state index contributed by atoms with van der Waals surface area (Å²) in [7, 11) is 0. The van der Waals surface area contributed by atoms with Crippen molar-refractivity contribution in [2.45, 2.75) is 52.5 Å². The van der Waals surface area contributed by atoms with E-state index in [0.717, 1.165) is 29.7 Å². The molecule has 1 atom stereocenters. The van der Waals surface area contributed by atoms with Crippen LogP contribution in [-0.4, -0.2) is 53.8 Å². The highest BCUT2D eigenvalue weighted by molar-refractivity contribution is 7.17. The first kappa shape index (κ1) is 30.6. The maximum Gasteiger partial charge on any atom is 0.341 e. The van der Waals surface area contributed by atoms with Gasteiger partial charge in [0.05, 0.1) is 43.4 Å². The van der Waals surface area contributed by atoms with Crippen LogP contribution < -0.4 is 5.32 Å². The van der Waals surface area contributed by atoms with Gasteiger partial charge >= 0.3 is 11.9 Å². The molecule has 2 heterocycles. The molecule has 14 heteroatoms. The number of hydrogen-bond acceptors (Lipinski definition) is 8. The van der Waals surface area contributed by atoms with Crippen molar-refractivity contribution in [1.82, 2.24) is 4.90 Å². The van der Waals surface area contributed by atoms with Gasteiger partial charge in [-0.05, 0) is 44.1 Å². The van der Waals surface area contributed by atoms with Crippen molar-refractivity contribution in [3.63, 3.8) is 0 Å². The zero-order valence-electron chi connectivity index (χ0n) is 21.6. The molecule has 40 heavy (non-hydrogen) atoms. The van der Waals surface area contributed by atoms with Crippen molar-refractivity contribution < 1.29 is 33.4 Å². The molecule has 1 aliphatic heterocycles. The Morgan fingerprint density at radius 1 is 0.925 bits per heavy atom. The van der Waals surface area contributed by atoms with E-state index in [2.05, 4.69) is 5.32 Å². The topological polar surface area (TPSA) is 119 Å². The molecule has 2 aromatic rings. The first-order valence-corrected chi connectivity index (χ1v) is 14.7. The van der Waals surface area contributed by atoms with E-state index in [-0.39, 0.29) is 37.8 Å². The number of hydrogen-bond donors (Lipinski definition) is 1. The molecule has 214 valence electrons. The van der Waals surface area contributed by atoms with Gasteiger partial charge in [-0.3, -0.25) is 19.3 Å². The Morgan fingerprint density at radius 2 is 1.50 bits per heavy atom. The maximum absolute atomic E-state index is 13.3. The predicted octanol–water partition coefficient (Wildman–Crippen LogP) is 6.22. The number of thiophene rings is 1. The van der Waals surface area contributed by atoms with Crippen LogP contribution in [0.25, 0.3) is 0 Å². The Labute approximate surface area is 254 Å². The van der Waals surface area contributed by atoms with E-state index in [4.69, 9.17) is 55.9 Å². The second kappa shape index (κ2) is 12.2. The summed E-state index contributed by atoms with van der Waals surface area (Å²) in [6, 6.07) is -1.41. The van der Waals surface area contributed by atoms with Crippen molar-refractivity contribution in [3.8, 4) is 0 Å². The standard InChI is InChI=1S/C26H24Cl4N2O7S/c1-4-38-25(36)14-11-7-5-6-8-12(11)40-22(14)31-13(33)9-39-26(37)21(10(2)3)32-23(34)15-16(24(32)35)18(28)20(30)19(29)17(15)27/h10,21H,4-9H2,1-3H3,(H,31,33)/t21-/m1/s1. The number of rotatable bonds is 8. The van der Waals surface area contributed by atoms with Gasteiger partial charge < -0.3 is 14.8 Å². The fraction of sp³-hybridized carbons (Fsp3) is 0.423. The van der Waals surface area contributed by atoms with Crippen LogP contribution in [0.5, 0.6) is 0 Å². The number of nitrogens with zero attached hydrogens (tertiary/aromatic N) is 1. The summed E-state index contributed by atoms with van der Waals surface area (Å²) in [5.74, 6) is -4.63. The number of nitrogens with one attached hydrogen (secondary N) is 1. The molecular formula is C26H24Cl4N2O7S. The van der Waals surface area contributed by atoms with Crippen molar-refractivity contribution in [2.75, 3.05) is 18.5 Å². The minimum absolute atomic E-state index is 0.178. The number of imide groups is 1. The molecule has 2 aliphatic rings. The van der Waals surface area contributed by atoms with E-state index in [1.54, 1.807) is 20.8 Å². The Kier molecular flexibility index (Phi) is 9.36. The van der Waals surface area contributed by atoms with Gasteiger partial charge in [0.15, 0.2) is 6.61 Å². The third-order valence-corrected chi connectivity index (χ3v) is 9.54. The molecule has 3 amide bonds. The third kappa shape index (κ3) is 5.44. The lowest BCUT2D eigenvalue weighted by atomic mass is 9.95. The van der Waals surface area contributed by atoms with E-state index in [9.17, 15) is 24.0 Å². The summed E-state index contributed by atoms with van der Waals surface area (Å²) in [5.41, 5.74) is 0.647. The lowest BCUT2D eigenvalue weighted by molar-refractivity contribution is -0.152. The van der Waals surface area contributed by atoms with E-state index in [1.807, 2.05) is 0 Å². The van der Waals surface area contributed by atoms with Crippen LogP contribution in [0.1, 0.15) is 75.1 Å². The van der Waals surface area contributed by atoms with Gasteiger partial charge in [0.25, 0.3) is 17.7 Å². The van der Waals surface area contributed by atoms with E-state index in [0.29, 0.717) is 21.9 Å². The number of carbonyl (C=O) groups excluding carboxylic acids is 5. The van der Waals surface area contributed by atoms with Gasteiger partial charge in [0, 0.05) is 4.88 Å². The number of esters is 2. The molecule has 0 unspecified atom stereocenters. The highest BCUT2D eigenvalue weighted by Crippen LogP contribution is 2.45. The Balaban J connectivity index is 1.52. The van der Waals surface area contributed by atoms with Crippen LogP contribution in [0.3, 0.4) is 0 Å². The summed E-state index contributed by atoms with van der Waals surface area (Å²) in [6.07, 6.45) is 3.39. The van der Waals surface area contributed by atoms with Crippen LogP contribution in [0.15, 0.2) is 0 Å². The zero-order chi connectivity index (χ0) is 29.5. The minimum atomic E-state index is -1.41. The maximum atomic E-state index is 13.3. The third-order valence-electron chi connectivity index (χ3n) is 6.53. The van der Waals surface area contributed by atoms with Gasteiger partial charge in [0.1, 0.15) is 11.0 Å². The fourth-order valence-corrected chi connectivity index (χ4v) is 7.06. The zero-order valence-corrected chi connectivity index (χ0v) is 25.5. The van der Waals surface area contributed by atoms with Crippen molar-refractivity contribution in [2.24, 2.45) is 5.92 Å². The first-order chi connectivity index (χ1) is 18.9. The molecule has 1 N–H and O–H groups in total. The summed E-state index contributed by atoms with van der Waals surface area (Å²) < 4.78 is 10.4. The smallest absolute Gasteiger partial charge is 0.341 e. The van der Waals surface area contributed by atoms with Crippen LogP contribution in [-0.2, 0) is 31.9 Å². The molecule has 0 fully saturated rings. The summed E-state index contributed by atoms with van der Waals surface area (Å²) >= 11 is 25.8. The Hall–Kier alpha value is -2.37. The molecule has 0 saturated heterocycles. The number of fused-ring (bicyclic) bond motifs is 2. The molecule has 0 radical (unpaired) electrons. The molecular weight excluding hydrogens is 626 g/mol. The number of carbonyl (C=O) groups is 5. The number of anilines is 1. The van der Waals surface area contributed by atoms with Crippen molar-refractivity contribution in [3.05, 3.63) is 47.2 Å². The summed E-state index contributed by atoms with van der Waals surface area (Å²) in [5, 5.41) is 2.04. The average molecular weight is 650 g/mol. The van der Waals surface area contributed by atoms with Crippen molar-refractivity contribution >= 4 is 92.4 Å². The highest BCUT2D eigenvalue weighted by atomic mass is 35.5. The summed E-state index contributed by atoms with van der Waals surface area (Å²) in [4.78, 5) is 66.8. The quantitative estimate of drug-likeness (QED) is 0.156. The van der Waals surface area contributed by atoms with Gasteiger partial charge in [-0.2, -0.15) is 0 Å². The Bertz CT molecular complexity index is 1390. The van der Waals surface area contributed by atoms with E-state index >= 15 is 0 Å². The first-order valence-electron chi connectivity index (χ1n) is 12.4. The molecule has 1 aliphatic carbocycles. The highest BCUT2D eigenvalue weighted by Gasteiger charge is 2.48. The van der Waals surface area contributed by atoms with Crippen LogP contribution in [0.2, 0.25) is 20.1 Å². The number of benzene rings is 1. The Morgan fingerprint density at radius 3 is 2.05 bits per heavy atom. The number of ether oxygens (including phenoxy) is 2. The largest absolute Gasteiger partial charge is 0.462 e. The molecule has 9 nitrogen and oxygen atoms in total. The normalized spacial score (nSPS) is 15.2. The van der Waals surface area contributed by atoms with Crippen LogP contribution in [0.4, 0.5) is 5.00 Å². The average Bonchev–Trinajstić information content (AvgIpc) is 3.39. The second-order valence-corrected chi connectivity index (χ2v) is 12.1. The monoisotopic (exact) mass is 648 g/mol. The molecule has 1 aromatic heterocycles. The number of halogens is 4. The fourth-order valence-electron chi connectivity index (χ4n) is 4.75. The predicted molar refractivity (Wildman–Crippen MR) is 152 cm³/mol. The minimum Gasteiger partial charge on any atom is -0.462 e. The lowest BCUT2D eigenvalue weighted by Gasteiger charge is -2.27. The number of aryl methyl sites for hydroxylation is 1. The summed E-state index contributed by atoms with van der Waals surface area (Å²) in [6.45, 7) is 4.34. The van der Waals surface area contributed by atoms with E-state index < -0.39 is 48.2 Å². The van der Waals surface area contributed by atoms with Crippen LogP contribution >= 0.6 is 57.7 Å².